The first-order valence-electron chi connectivity index (χ1n) is 9.42. The van der Waals surface area contributed by atoms with E-state index in [0.29, 0.717) is 0 Å². The van der Waals surface area contributed by atoms with Crippen LogP contribution in [0.5, 0.6) is 0 Å². The Bertz CT molecular complexity index is 830. The number of ketones is 1. The number of thioether (sulfide) groups is 1. The standard InChI is InChI=1S/C20H24N2O6S/c1-11(2)10-28-19(26)20(27)16(24)12(3)29-18-15(17(25)22(18)20)21-14(23)9-13-7-5-4-6-8-13/h4-8,11-12,15,18,27H,9-10H2,1-3H3,(H,21,23)/t12-,15+,18+,20+/m0/s1. The lowest BCUT2D eigenvalue weighted by molar-refractivity contribution is -0.210. The third-order valence-electron chi connectivity index (χ3n) is 4.80. The molecule has 0 aromatic heterocycles. The first-order chi connectivity index (χ1) is 13.7. The van der Waals surface area contributed by atoms with Crippen molar-refractivity contribution in [3.05, 3.63) is 35.9 Å². The molecule has 2 amide bonds. The third kappa shape index (κ3) is 3.89. The van der Waals surface area contributed by atoms with Gasteiger partial charge in [0, 0.05) is 0 Å². The molecule has 2 saturated heterocycles. The fourth-order valence-electron chi connectivity index (χ4n) is 3.30. The van der Waals surface area contributed by atoms with Crippen LogP contribution in [0.3, 0.4) is 0 Å². The molecule has 2 aliphatic rings. The maximum absolute atomic E-state index is 12.7. The molecule has 2 N–H and O–H groups in total. The minimum absolute atomic E-state index is 0.000883. The molecular formula is C20H24N2O6S. The smallest absolute Gasteiger partial charge is 0.368 e. The summed E-state index contributed by atoms with van der Waals surface area (Å²) < 4.78 is 5.06. The number of fused-ring (bicyclic) bond motifs is 1. The van der Waals surface area contributed by atoms with Crippen molar-refractivity contribution >= 4 is 35.3 Å². The first kappa shape index (κ1) is 21.3. The van der Waals surface area contributed by atoms with Gasteiger partial charge in [0.2, 0.25) is 11.7 Å². The van der Waals surface area contributed by atoms with Crippen LogP contribution in [-0.4, -0.2) is 62.6 Å². The SMILES string of the molecule is CC(C)COC(=O)[C@]1(O)C(=O)[C@H](C)S[C@@H]2[C@H](NC(=O)Cc3ccccc3)C(=O)N21. The fourth-order valence-corrected chi connectivity index (χ4v) is 4.73. The normalized spacial score (nSPS) is 28.6. The maximum Gasteiger partial charge on any atom is 0.368 e. The minimum atomic E-state index is -2.66. The van der Waals surface area contributed by atoms with Crippen LogP contribution in [0.15, 0.2) is 30.3 Å². The average molecular weight is 420 g/mol. The molecule has 0 saturated carbocycles. The molecule has 0 spiro atoms. The van der Waals surface area contributed by atoms with Crippen molar-refractivity contribution in [1.82, 2.24) is 10.2 Å². The predicted molar refractivity (Wildman–Crippen MR) is 106 cm³/mol. The Morgan fingerprint density at radius 2 is 1.93 bits per heavy atom. The van der Waals surface area contributed by atoms with E-state index in [4.69, 9.17) is 4.74 Å². The Morgan fingerprint density at radius 3 is 2.55 bits per heavy atom. The van der Waals surface area contributed by atoms with E-state index in [2.05, 4.69) is 5.32 Å². The van der Waals surface area contributed by atoms with Gasteiger partial charge in [-0.2, -0.15) is 0 Å². The minimum Gasteiger partial charge on any atom is -0.461 e. The summed E-state index contributed by atoms with van der Waals surface area (Å²) in [5.74, 6) is -3.00. The molecule has 29 heavy (non-hydrogen) atoms. The van der Waals surface area contributed by atoms with Gasteiger partial charge in [-0.3, -0.25) is 19.3 Å². The highest BCUT2D eigenvalue weighted by molar-refractivity contribution is 8.01. The Balaban J connectivity index is 1.73. The number of hydrogen-bond donors (Lipinski definition) is 2. The van der Waals surface area contributed by atoms with Gasteiger partial charge >= 0.3 is 11.7 Å². The highest BCUT2D eigenvalue weighted by atomic mass is 32.2. The quantitative estimate of drug-likeness (QED) is 0.391. The van der Waals surface area contributed by atoms with Gasteiger partial charge in [0.15, 0.2) is 0 Å². The zero-order valence-electron chi connectivity index (χ0n) is 16.5. The number of carbonyl (C=O) groups excluding carboxylic acids is 4. The molecule has 3 rings (SSSR count). The molecule has 0 aliphatic carbocycles. The van der Waals surface area contributed by atoms with E-state index in [9.17, 15) is 24.3 Å². The van der Waals surface area contributed by atoms with Gasteiger partial charge in [-0.1, -0.05) is 44.2 Å². The first-order valence-corrected chi connectivity index (χ1v) is 10.4. The maximum atomic E-state index is 12.7. The van der Waals surface area contributed by atoms with Crippen molar-refractivity contribution in [1.29, 1.82) is 0 Å². The van der Waals surface area contributed by atoms with Crippen LogP contribution in [-0.2, 0) is 30.3 Å². The summed E-state index contributed by atoms with van der Waals surface area (Å²) in [4.78, 5) is 50.9. The van der Waals surface area contributed by atoms with Gasteiger partial charge in [0.05, 0.1) is 18.3 Å². The summed E-state index contributed by atoms with van der Waals surface area (Å²) in [6, 6.07) is 8.14. The van der Waals surface area contributed by atoms with Crippen LogP contribution in [0.2, 0.25) is 0 Å². The fraction of sp³-hybridized carbons (Fsp3) is 0.500. The summed E-state index contributed by atoms with van der Waals surface area (Å²) in [5, 5.41) is 12.1. The molecule has 1 aromatic rings. The van der Waals surface area contributed by atoms with Crippen molar-refractivity contribution in [2.24, 2.45) is 5.92 Å². The van der Waals surface area contributed by atoms with E-state index in [1.165, 1.54) is 0 Å². The lowest BCUT2D eigenvalue weighted by Gasteiger charge is -2.55. The van der Waals surface area contributed by atoms with Crippen LogP contribution < -0.4 is 5.32 Å². The molecule has 9 heteroatoms. The molecule has 2 aliphatic heterocycles. The van der Waals surface area contributed by atoms with Crippen molar-refractivity contribution in [3.63, 3.8) is 0 Å². The van der Waals surface area contributed by atoms with Gasteiger partial charge in [0.25, 0.3) is 5.91 Å². The molecule has 156 valence electrons. The Hall–Kier alpha value is -2.39. The topological polar surface area (TPSA) is 113 Å². The molecule has 2 heterocycles. The number of β-lactam (4-membered cyclic amide) rings is 1. The number of benzene rings is 1. The Kier molecular flexibility index (Phi) is 6.00. The predicted octanol–water partition coefficient (Wildman–Crippen LogP) is 0.474. The van der Waals surface area contributed by atoms with Crippen molar-refractivity contribution < 1.29 is 29.0 Å². The zero-order chi connectivity index (χ0) is 21.3. The molecule has 0 bridgehead atoms. The van der Waals surface area contributed by atoms with E-state index in [0.717, 1.165) is 22.2 Å². The summed E-state index contributed by atoms with van der Waals surface area (Å²) in [7, 11) is 0. The molecule has 4 atom stereocenters. The van der Waals surface area contributed by atoms with E-state index in [1.807, 2.05) is 32.0 Å². The number of hydrogen-bond acceptors (Lipinski definition) is 7. The van der Waals surface area contributed by atoms with Crippen LogP contribution >= 0.6 is 11.8 Å². The van der Waals surface area contributed by atoms with E-state index in [-0.39, 0.29) is 24.9 Å². The third-order valence-corrected chi connectivity index (χ3v) is 6.19. The molecule has 2 fully saturated rings. The van der Waals surface area contributed by atoms with Gasteiger partial charge in [0.1, 0.15) is 11.4 Å². The van der Waals surface area contributed by atoms with Crippen LogP contribution in [0, 0.1) is 5.92 Å². The number of rotatable bonds is 6. The van der Waals surface area contributed by atoms with Crippen LogP contribution in [0.4, 0.5) is 0 Å². The second kappa shape index (κ2) is 8.16. The van der Waals surface area contributed by atoms with Crippen molar-refractivity contribution in [3.8, 4) is 0 Å². The van der Waals surface area contributed by atoms with Crippen LogP contribution in [0.1, 0.15) is 26.3 Å². The highest BCUT2D eigenvalue weighted by Gasteiger charge is 2.68. The largest absolute Gasteiger partial charge is 0.461 e. The zero-order valence-corrected chi connectivity index (χ0v) is 17.3. The lowest BCUT2D eigenvalue weighted by atomic mass is 9.94. The average Bonchev–Trinajstić information content (AvgIpc) is 2.68. The molecule has 8 nitrogen and oxygen atoms in total. The van der Waals surface area contributed by atoms with Gasteiger partial charge in [-0.15, -0.1) is 11.8 Å². The van der Waals surface area contributed by atoms with E-state index in [1.54, 1.807) is 19.1 Å². The summed E-state index contributed by atoms with van der Waals surface area (Å²) in [6.45, 7) is 5.19. The van der Waals surface area contributed by atoms with Crippen molar-refractivity contribution in [2.75, 3.05) is 6.61 Å². The number of Topliss-reactive ketones (excluding diaryl/α,β-unsaturated/α-hetero) is 1. The van der Waals surface area contributed by atoms with Crippen LogP contribution in [0.25, 0.3) is 0 Å². The van der Waals surface area contributed by atoms with E-state index >= 15 is 0 Å². The molecule has 0 unspecified atom stereocenters. The number of nitrogens with zero attached hydrogens (tertiary/aromatic N) is 1. The van der Waals surface area contributed by atoms with E-state index < -0.39 is 40.1 Å². The monoisotopic (exact) mass is 420 g/mol. The summed E-state index contributed by atoms with van der Waals surface area (Å²) in [5.41, 5.74) is -1.87. The molecular weight excluding hydrogens is 396 g/mol. The highest BCUT2D eigenvalue weighted by Crippen LogP contribution is 2.44. The number of amides is 2. The van der Waals surface area contributed by atoms with Gasteiger partial charge in [-0.05, 0) is 18.4 Å². The van der Waals surface area contributed by atoms with Crippen molar-refractivity contribution in [2.45, 2.75) is 49.6 Å². The van der Waals surface area contributed by atoms with Gasteiger partial charge < -0.3 is 15.2 Å². The second-order valence-electron chi connectivity index (χ2n) is 7.61. The molecule has 0 radical (unpaired) electrons. The Morgan fingerprint density at radius 1 is 1.28 bits per heavy atom. The lowest BCUT2D eigenvalue weighted by Crippen LogP contribution is -2.82. The summed E-state index contributed by atoms with van der Waals surface area (Å²) in [6.07, 6.45) is 0.0944. The number of carbonyl (C=O) groups is 4. The summed E-state index contributed by atoms with van der Waals surface area (Å²) >= 11 is 1.12. The number of ether oxygens (including phenoxy) is 1. The number of esters is 1. The second-order valence-corrected chi connectivity index (χ2v) is 9.08. The Labute approximate surface area is 173 Å². The number of nitrogens with one attached hydrogen (secondary N) is 1. The number of aliphatic hydroxyl groups is 1. The molecule has 1 aromatic carbocycles. The van der Waals surface area contributed by atoms with Gasteiger partial charge in [-0.25, -0.2) is 4.79 Å².